The SMILES string of the molecule is CC1(C)OC2C(O1)[C@H](n1ccc(=O)[nH]c1=O)C[C@@H]2OCP(=O)(O)O. The second-order valence-electron chi connectivity index (χ2n) is 6.38. The number of H-pyrrole nitrogens is 1. The summed E-state index contributed by atoms with van der Waals surface area (Å²) >= 11 is 0. The van der Waals surface area contributed by atoms with Crippen molar-refractivity contribution in [2.75, 3.05) is 6.35 Å². The lowest BCUT2D eigenvalue weighted by atomic mass is 10.2. The number of hydrogen-bond acceptors (Lipinski definition) is 6. The van der Waals surface area contributed by atoms with E-state index in [2.05, 4.69) is 4.98 Å². The van der Waals surface area contributed by atoms with E-state index >= 15 is 0 Å². The van der Waals surface area contributed by atoms with Crippen LogP contribution in [0.25, 0.3) is 0 Å². The minimum Gasteiger partial charge on any atom is -0.363 e. The van der Waals surface area contributed by atoms with Gasteiger partial charge in [0, 0.05) is 12.3 Å². The molecule has 2 unspecified atom stereocenters. The Hall–Kier alpha value is -1.29. The highest BCUT2D eigenvalue weighted by Gasteiger charge is 2.55. The van der Waals surface area contributed by atoms with E-state index in [1.54, 1.807) is 13.8 Å². The van der Waals surface area contributed by atoms with Crippen molar-refractivity contribution in [3.8, 4) is 0 Å². The number of nitrogens with one attached hydrogen (secondary N) is 1. The van der Waals surface area contributed by atoms with E-state index in [1.165, 1.54) is 16.8 Å². The van der Waals surface area contributed by atoms with Crippen molar-refractivity contribution in [3.05, 3.63) is 33.1 Å². The average molecular weight is 362 g/mol. The van der Waals surface area contributed by atoms with Gasteiger partial charge in [0.2, 0.25) is 0 Å². The van der Waals surface area contributed by atoms with Gasteiger partial charge in [-0.2, -0.15) is 0 Å². The molecule has 2 heterocycles. The van der Waals surface area contributed by atoms with Crippen LogP contribution in [0.1, 0.15) is 26.3 Å². The molecule has 1 aliphatic heterocycles. The van der Waals surface area contributed by atoms with Crippen LogP contribution in [0.15, 0.2) is 21.9 Å². The van der Waals surface area contributed by atoms with Crippen molar-refractivity contribution >= 4 is 7.60 Å². The second-order valence-corrected chi connectivity index (χ2v) is 7.97. The van der Waals surface area contributed by atoms with Gasteiger partial charge in [-0.1, -0.05) is 0 Å². The number of ether oxygens (including phenoxy) is 3. The van der Waals surface area contributed by atoms with Crippen molar-refractivity contribution in [3.63, 3.8) is 0 Å². The number of fused-ring (bicyclic) bond motifs is 1. The van der Waals surface area contributed by atoms with Gasteiger partial charge in [0.05, 0.1) is 12.1 Å². The summed E-state index contributed by atoms with van der Waals surface area (Å²) in [5.74, 6) is -0.913. The standard InChI is InChI=1S/C13H19N2O8P/c1-13(2)22-10-7(15-4-3-9(16)14-12(15)17)5-8(11(10)23-13)21-6-24(18,19)20/h3-4,7-8,10-11H,5-6H2,1-2H3,(H,14,16,17)(H2,18,19,20)/t7-,8+,10?,11?/m1/s1. The van der Waals surface area contributed by atoms with Crippen LogP contribution in [0.2, 0.25) is 0 Å². The smallest absolute Gasteiger partial charge is 0.350 e. The average Bonchev–Trinajstić information content (AvgIpc) is 2.90. The highest BCUT2D eigenvalue weighted by molar-refractivity contribution is 7.51. The molecule has 11 heteroatoms. The Bertz CT molecular complexity index is 781. The Morgan fingerprint density at radius 1 is 1.38 bits per heavy atom. The molecule has 3 N–H and O–H groups in total. The molecule has 2 aliphatic rings. The first-order valence-corrected chi connectivity index (χ1v) is 9.19. The summed E-state index contributed by atoms with van der Waals surface area (Å²) in [5, 5.41) is 0. The number of aromatic nitrogens is 2. The molecule has 1 saturated carbocycles. The first kappa shape index (κ1) is 17.5. The fourth-order valence-electron chi connectivity index (χ4n) is 3.22. The maximum Gasteiger partial charge on any atom is 0.350 e. The third-order valence-corrected chi connectivity index (χ3v) is 4.53. The van der Waals surface area contributed by atoms with Crippen molar-refractivity contribution in [2.24, 2.45) is 0 Å². The van der Waals surface area contributed by atoms with Crippen LogP contribution < -0.4 is 11.2 Å². The monoisotopic (exact) mass is 362 g/mol. The summed E-state index contributed by atoms with van der Waals surface area (Å²) in [4.78, 5) is 43.4. The minimum absolute atomic E-state index is 0.261. The molecule has 2 fully saturated rings. The summed E-state index contributed by atoms with van der Waals surface area (Å²) in [6.45, 7) is 3.41. The molecule has 1 aliphatic carbocycles. The molecular formula is C13H19N2O8P. The van der Waals surface area contributed by atoms with E-state index in [4.69, 9.17) is 24.0 Å². The summed E-state index contributed by atoms with van der Waals surface area (Å²) < 4.78 is 29.3. The molecule has 0 aromatic carbocycles. The lowest BCUT2D eigenvalue weighted by Crippen LogP contribution is -2.36. The Morgan fingerprint density at radius 3 is 2.67 bits per heavy atom. The molecule has 0 spiro atoms. The largest absolute Gasteiger partial charge is 0.363 e. The quantitative estimate of drug-likeness (QED) is 0.610. The van der Waals surface area contributed by atoms with Gasteiger partial charge in [-0.05, 0) is 20.3 Å². The first-order chi connectivity index (χ1) is 11.1. The van der Waals surface area contributed by atoms with E-state index in [0.29, 0.717) is 0 Å². The van der Waals surface area contributed by atoms with Crippen molar-refractivity contribution in [2.45, 2.75) is 50.4 Å². The maximum atomic E-state index is 12.0. The molecule has 0 bridgehead atoms. The third kappa shape index (κ3) is 3.53. The zero-order valence-corrected chi connectivity index (χ0v) is 14.0. The van der Waals surface area contributed by atoms with Gasteiger partial charge in [0.15, 0.2) is 5.79 Å². The predicted octanol–water partition coefficient (Wildman–Crippen LogP) is -0.478. The predicted molar refractivity (Wildman–Crippen MR) is 80.6 cm³/mol. The number of nitrogens with zero attached hydrogens (tertiary/aromatic N) is 1. The minimum atomic E-state index is -4.33. The molecule has 1 aromatic heterocycles. The Labute approximate surface area is 136 Å². The molecule has 0 radical (unpaired) electrons. The van der Waals surface area contributed by atoms with Crippen molar-refractivity contribution in [1.82, 2.24) is 9.55 Å². The van der Waals surface area contributed by atoms with Crippen LogP contribution in [-0.4, -0.2) is 49.8 Å². The molecular weight excluding hydrogens is 343 g/mol. The van der Waals surface area contributed by atoms with E-state index in [-0.39, 0.29) is 6.42 Å². The van der Waals surface area contributed by atoms with Gasteiger partial charge < -0.3 is 24.0 Å². The first-order valence-electron chi connectivity index (χ1n) is 7.39. The number of aromatic amines is 1. The van der Waals surface area contributed by atoms with Gasteiger partial charge in [-0.15, -0.1) is 0 Å². The molecule has 1 aromatic rings. The summed E-state index contributed by atoms with van der Waals surface area (Å²) in [6, 6.07) is 0.740. The summed E-state index contributed by atoms with van der Waals surface area (Å²) in [5.41, 5.74) is -1.10. The topological polar surface area (TPSA) is 140 Å². The van der Waals surface area contributed by atoms with Crippen LogP contribution in [-0.2, 0) is 18.8 Å². The lowest BCUT2D eigenvalue weighted by Gasteiger charge is -2.24. The molecule has 0 amide bonds. The Morgan fingerprint density at radius 2 is 2.04 bits per heavy atom. The lowest BCUT2D eigenvalue weighted by molar-refractivity contribution is -0.168. The Balaban J connectivity index is 1.89. The van der Waals surface area contributed by atoms with Gasteiger partial charge >= 0.3 is 13.3 Å². The summed E-state index contributed by atoms with van der Waals surface area (Å²) in [6.07, 6.45) is -0.868. The molecule has 134 valence electrons. The van der Waals surface area contributed by atoms with Gasteiger partial charge in [-0.3, -0.25) is 18.9 Å². The van der Waals surface area contributed by atoms with Gasteiger partial charge in [0.25, 0.3) is 5.56 Å². The fraction of sp³-hybridized carbons (Fsp3) is 0.692. The fourth-order valence-corrected chi connectivity index (χ4v) is 3.61. The normalized spacial score (nSPS) is 32.0. The van der Waals surface area contributed by atoms with Gasteiger partial charge in [-0.25, -0.2) is 4.79 Å². The molecule has 10 nitrogen and oxygen atoms in total. The van der Waals surface area contributed by atoms with E-state index < -0.39 is 55.3 Å². The van der Waals surface area contributed by atoms with Crippen LogP contribution in [0, 0.1) is 0 Å². The van der Waals surface area contributed by atoms with Crippen molar-refractivity contribution < 1.29 is 28.6 Å². The molecule has 3 rings (SSSR count). The Kier molecular flexibility index (Phi) is 4.31. The van der Waals surface area contributed by atoms with Crippen LogP contribution in [0.5, 0.6) is 0 Å². The number of hydrogen-bond donors (Lipinski definition) is 3. The second kappa shape index (κ2) is 5.91. The van der Waals surface area contributed by atoms with E-state index in [1.807, 2.05) is 0 Å². The number of rotatable bonds is 4. The molecule has 1 saturated heterocycles. The highest BCUT2D eigenvalue weighted by atomic mass is 31.2. The maximum absolute atomic E-state index is 12.0. The summed E-state index contributed by atoms with van der Waals surface area (Å²) in [7, 11) is -4.33. The molecule has 24 heavy (non-hydrogen) atoms. The van der Waals surface area contributed by atoms with Crippen molar-refractivity contribution in [1.29, 1.82) is 0 Å². The zero-order chi connectivity index (χ0) is 17.7. The van der Waals surface area contributed by atoms with Gasteiger partial charge in [0.1, 0.15) is 18.6 Å². The van der Waals surface area contributed by atoms with E-state index in [9.17, 15) is 14.2 Å². The van der Waals surface area contributed by atoms with Crippen LogP contribution in [0.3, 0.4) is 0 Å². The van der Waals surface area contributed by atoms with Crippen LogP contribution >= 0.6 is 7.60 Å². The van der Waals surface area contributed by atoms with Crippen LogP contribution in [0.4, 0.5) is 0 Å². The third-order valence-electron chi connectivity index (χ3n) is 4.05. The highest BCUT2D eigenvalue weighted by Crippen LogP contribution is 2.46. The zero-order valence-electron chi connectivity index (χ0n) is 13.1. The van der Waals surface area contributed by atoms with E-state index in [0.717, 1.165) is 0 Å². The molecule has 4 atom stereocenters.